The van der Waals surface area contributed by atoms with Gasteiger partial charge in [-0.05, 0) is 24.3 Å². The highest BCUT2D eigenvalue weighted by Crippen LogP contribution is 2.16. The first-order valence-electron chi connectivity index (χ1n) is 7.11. The molecule has 1 aromatic carbocycles. The van der Waals surface area contributed by atoms with Crippen molar-refractivity contribution in [3.05, 3.63) is 51.9 Å². The second kappa shape index (κ2) is 8.42. The maximum Gasteiger partial charge on any atom is 0.251 e. The predicted octanol–water partition coefficient (Wildman–Crippen LogP) is 1.85. The number of ketones is 1. The molecule has 0 unspecified atom stereocenters. The number of aromatic nitrogens is 2. The number of thioether (sulfide) groups is 1. The number of amides is 1. The number of hydrogen-bond acceptors (Lipinski definition) is 6. The topological polar surface area (TPSA) is 101 Å². The molecule has 2 aromatic rings. The zero-order valence-electron chi connectivity index (χ0n) is 13.3. The first kappa shape index (κ1) is 17.9. The van der Waals surface area contributed by atoms with Gasteiger partial charge in [0.15, 0.2) is 10.9 Å². The molecule has 2 N–H and O–H groups in total. The van der Waals surface area contributed by atoms with Crippen LogP contribution in [0.25, 0.3) is 0 Å². The third kappa shape index (κ3) is 5.32. The average molecular weight is 347 g/mol. The van der Waals surface area contributed by atoms with E-state index in [1.807, 2.05) is 0 Å². The molecule has 7 nitrogen and oxygen atoms in total. The van der Waals surface area contributed by atoms with Gasteiger partial charge in [-0.2, -0.15) is 0 Å². The Morgan fingerprint density at radius 1 is 1.29 bits per heavy atom. The Balaban J connectivity index is 2.00. The Kier molecular flexibility index (Phi) is 6.28. The molecule has 2 rings (SSSR count). The number of aromatic amines is 1. The quantitative estimate of drug-likeness (QED) is 0.450. The zero-order chi connectivity index (χ0) is 17.5. The van der Waals surface area contributed by atoms with Gasteiger partial charge in [-0.3, -0.25) is 14.4 Å². The van der Waals surface area contributed by atoms with Crippen molar-refractivity contribution in [1.29, 1.82) is 0 Å². The number of carbonyl (C=O) groups excluding carboxylic acids is 2. The van der Waals surface area contributed by atoms with E-state index in [0.29, 0.717) is 22.1 Å². The molecule has 8 heteroatoms. The SMILES string of the molecule is COCc1cc(=O)[nH]c(SCC(=O)c2ccc(NC(C)=O)cc2)n1. The molecule has 0 saturated heterocycles. The molecule has 1 heterocycles. The Hall–Kier alpha value is -2.45. The Morgan fingerprint density at radius 2 is 2.00 bits per heavy atom. The molecule has 126 valence electrons. The van der Waals surface area contributed by atoms with Crippen molar-refractivity contribution >= 4 is 29.1 Å². The third-order valence-electron chi connectivity index (χ3n) is 2.93. The minimum Gasteiger partial charge on any atom is -0.378 e. The predicted molar refractivity (Wildman–Crippen MR) is 91.4 cm³/mol. The van der Waals surface area contributed by atoms with Crippen molar-refractivity contribution in [3.63, 3.8) is 0 Å². The maximum atomic E-state index is 12.2. The first-order chi connectivity index (χ1) is 11.5. The molecule has 0 atom stereocenters. The van der Waals surface area contributed by atoms with E-state index in [-0.39, 0.29) is 29.6 Å². The fourth-order valence-corrected chi connectivity index (χ4v) is 2.72. The Morgan fingerprint density at radius 3 is 2.62 bits per heavy atom. The van der Waals surface area contributed by atoms with Gasteiger partial charge in [-0.25, -0.2) is 4.98 Å². The molecule has 0 aliphatic rings. The van der Waals surface area contributed by atoms with E-state index in [1.165, 1.54) is 20.1 Å². The second-order valence-corrected chi connectivity index (χ2v) is 5.91. The lowest BCUT2D eigenvalue weighted by molar-refractivity contribution is -0.114. The van der Waals surface area contributed by atoms with Crippen molar-refractivity contribution in [1.82, 2.24) is 9.97 Å². The van der Waals surface area contributed by atoms with Crippen molar-refractivity contribution in [3.8, 4) is 0 Å². The van der Waals surface area contributed by atoms with Gasteiger partial charge >= 0.3 is 0 Å². The number of Topliss-reactive ketones (excluding diaryl/α,β-unsaturated/α-hetero) is 1. The van der Waals surface area contributed by atoms with Crippen LogP contribution < -0.4 is 10.9 Å². The highest BCUT2D eigenvalue weighted by atomic mass is 32.2. The fourth-order valence-electron chi connectivity index (χ4n) is 1.93. The van der Waals surface area contributed by atoms with E-state index in [4.69, 9.17) is 4.74 Å². The summed E-state index contributed by atoms with van der Waals surface area (Å²) in [7, 11) is 1.52. The van der Waals surface area contributed by atoms with E-state index in [0.717, 1.165) is 11.8 Å². The number of ether oxygens (including phenoxy) is 1. The average Bonchev–Trinajstić information content (AvgIpc) is 2.52. The van der Waals surface area contributed by atoms with Crippen LogP contribution in [0.4, 0.5) is 5.69 Å². The van der Waals surface area contributed by atoms with E-state index in [2.05, 4.69) is 15.3 Å². The summed E-state index contributed by atoms with van der Waals surface area (Å²) in [5.41, 5.74) is 1.37. The van der Waals surface area contributed by atoms with E-state index in [1.54, 1.807) is 24.3 Å². The lowest BCUT2D eigenvalue weighted by Gasteiger charge is -2.05. The smallest absolute Gasteiger partial charge is 0.251 e. The molecule has 0 saturated carbocycles. The lowest BCUT2D eigenvalue weighted by atomic mass is 10.1. The highest BCUT2D eigenvalue weighted by Gasteiger charge is 2.09. The summed E-state index contributed by atoms with van der Waals surface area (Å²) in [5.74, 6) is -0.136. The Bertz CT molecular complexity index is 787. The highest BCUT2D eigenvalue weighted by molar-refractivity contribution is 7.99. The van der Waals surface area contributed by atoms with Gasteiger partial charge in [0.2, 0.25) is 5.91 Å². The van der Waals surface area contributed by atoms with Gasteiger partial charge in [0.05, 0.1) is 18.1 Å². The van der Waals surface area contributed by atoms with Gasteiger partial charge in [-0.15, -0.1) is 0 Å². The van der Waals surface area contributed by atoms with Gasteiger partial charge in [0.1, 0.15) is 0 Å². The fraction of sp³-hybridized carbons (Fsp3) is 0.250. The number of anilines is 1. The van der Waals surface area contributed by atoms with Gasteiger partial charge in [0.25, 0.3) is 5.56 Å². The molecule has 0 radical (unpaired) electrons. The number of H-pyrrole nitrogens is 1. The van der Waals surface area contributed by atoms with Gasteiger partial charge in [0, 0.05) is 31.4 Å². The number of carbonyl (C=O) groups is 2. The number of hydrogen-bond donors (Lipinski definition) is 2. The molecule has 0 fully saturated rings. The summed E-state index contributed by atoms with van der Waals surface area (Å²) in [6.45, 7) is 1.65. The number of benzene rings is 1. The zero-order valence-corrected chi connectivity index (χ0v) is 14.1. The molecule has 1 aromatic heterocycles. The Labute approximate surface area is 142 Å². The minimum absolute atomic E-state index is 0.103. The number of nitrogens with zero attached hydrogens (tertiary/aromatic N) is 1. The summed E-state index contributed by atoms with van der Waals surface area (Å²) in [5, 5.41) is 3.01. The van der Waals surface area contributed by atoms with Crippen LogP contribution in [-0.4, -0.2) is 34.5 Å². The van der Waals surface area contributed by atoms with Gasteiger partial charge in [-0.1, -0.05) is 11.8 Å². The monoisotopic (exact) mass is 347 g/mol. The largest absolute Gasteiger partial charge is 0.378 e. The second-order valence-electron chi connectivity index (χ2n) is 4.95. The lowest BCUT2D eigenvalue weighted by Crippen LogP contribution is -2.12. The standard InChI is InChI=1S/C16H17N3O4S/c1-10(20)17-12-5-3-11(4-6-12)14(21)9-24-16-18-13(8-23-2)7-15(22)19-16/h3-7H,8-9H2,1-2H3,(H,17,20)(H,18,19,22). The molecule has 0 aliphatic heterocycles. The van der Waals surface area contributed by atoms with Gasteiger partial charge < -0.3 is 15.0 Å². The summed E-state index contributed by atoms with van der Waals surface area (Å²) < 4.78 is 4.95. The molecular weight excluding hydrogens is 330 g/mol. The number of methoxy groups -OCH3 is 1. The van der Waals surface area contributed by atoms with E-state index < -0.39 is 0 Å². The van der Waals surface area contributed by atoms with Crippen LogP contribution in [0.15, 0.2) is 40.3 Å². The van der Waals surface area contributed by atoms with Crippen LogP contribution in [0.2, 0.25) is 0 Å². The van der Waals surface area contributed by atoms with Crippen molar-refractivity contribution in [2.75, 3.05) is 18.2 Å². The summed E-state index contributed by atoms with van der Waals surface area (Å²) >= 11 is 1.15. The summed E-state index contributed by atoms with van der Waals surface area (Å²) in [6, 6.07) is 7.98. The molecule has 0 spiro atoms. The van der Waals surface area contributed by atoms with Crippen LogP contribution in [0.5, 0.6) is 0 Å². The van der Waals surface area contributed by atoms with Crippen LogP contribution in [0, 0.1) is 0 Å². The van der Waals surface area contributed by atoms with Crippen LogP contribution in [0.1, 0.15) is 23.0 Å². The van der Waals surface area contributed by atoms with Crippen LogP contribution in [0.3, 0.4) is 0 Å². The first-order valence-corrected chi connectivity index (χ1v) is 8.09. The minimum atomic E-state index is -0.286. The summed E-state index contributed by atoms with van der Waals surface area (Å²) in [4.78, 5) is 41.5. The molecule has 0 bridgehead atoms. The van der Waals surface area contributed by atoms with Crippen molar-refractivity contribution in [2.24, 2.45) is 0 Å². The van der Waals surface area contributed by atoms with E-state index >= 15 is 0 Å². The molecular formula is C16H17N3O4S. The van der Waals surface area contributed by atoms with Crippen LogP contribution in [-0.2, 0) is 16.1 Å². The number of nitrogens with one attached hydrogen (secondary N) is 2. The maximum absolute atomic E-state index is 12.2. The normalized spacial score (nSPS) is 10.4. The van der Waals surface area contributed by atoms with Crippen molar-refractivity contribution < 1.29 is 14.3 Å². The summed E-state index contributed by atoms with van der Waals surface area (Å²) in [6.07, 6.45) is 0. The van der Waals surface area contributed by atoms with Crippen LogP contribution >= 0.6 is 11.8 Å². The van der Waals surface area contributed by atoms with E-state index in [9.17, 15) is 14.4 Å². The third-order valence-corrected chi connectivity index (χ3v) is 3.81. The molecule has 1 amide bonds. The van der Waals surface area contributed by atoms with Crippen molar-refractivity contribution in [2.45, 2.75) is 18.7 Å². The molecule has 24 heavy (non-hydrogen) atoms. The molecule has 0 aliphatic carbocycles. The number of rotatable bonds is 7.